The van der Waals surface area contributed by atoms with E-state index in [0.29, 0.717) is 0 Å². The van der Waals surface area contributed by atoms with Crippen LogP contribution in [0, 0.1) is 23.7 Å². The van der Waals surface area contributed by atoms with Crippen LogP contribution in [0.2, 0.25) is 0 Å². The fourth-order valence-corrected chi connectivity index (χ4v) is 3.52. The highest BCUT2D eigenvalue weighted by atomic mass is 16.6. The van der Waals surface area contributed by atoms with Gasteiger partial charge < -0.3 is 9.47 Å². The van der Waals surface area contributed by atoms with E-state index in [9.17, 15) is 9.59 Å². The van der Waals surface area contributed by atoms with Crippen molar-refractivity contribution in [2.24, 2.45) is 23.7 Å². The first-order chi connectivity index (χ1) is 6.27. The van der Waals surface area contributed by atoms with E-state index in [1.54, 1.807) is 0 Å². The smallest absolute Gasteiger partial charge is 0.317 e. The normalized spacial score (nSPS) is 60.6. The molecule has 4 aliphatic rings. The maximum absolute atomic E-state index is 11.3. The zero-order valence-corrected chi connectivity index (χ0v) is 6.80. The lowest BCUT2D eigenvalue weighted by Gasteiger charge is -2.14. The average Bonchev–Trinajstić information content (AvgIpc) is 2.58. The number of carbonyl (C=O) groups excluding carboxylic acids is 2. The van der Waals surface area contributed by atoms with E-state index >= 15 is 0 Å². The molecule has 0 unspecified atom stereocenters. The molecular formula is C9H8O4. The van der Waals surface area contributed by atoms with Gasteiger partial charge in [-0.05, 0) is 6.42 Å². The molecule has 0 spiro atoms. The minimum absolute atomic E-state index is 0.166. The number of hydrogen-bond acceptors (Lipinski definition) is 4. The molecule has 0 aromatic rings. The van der Waals surface area contributed by atoms with Gasteiger partial charge in [-0.1, -0.05) is 0 Å². The van der Waals surface area contributed by atoms with Crippen LogP contribution >= 0.6 is 0 Å². The van der Waals surface area contributed by atoms with Gasteiger partial charge in [-0.3, -0.25) is 9.59 Å². The Balaban J connectivity index is 1.84. The molecule has 0 radical (unpaired) electrons. The first kappa shape index (κ1) is 6.54. The van der Waals surface area contributed by atoms with Crippen molar-refractivity contribution in [3.05, 3.63) is 0 Å². The summed E-state index contributed by atoms with van der Waals surface area (Å²) in [5.74, 6) is -0.395. The first-order valence-corrected chi connectivity index (χ1v) is 4.68. The predicted molar refractivity (Wildman–Crippen MR) is 38.3 cm³/mol. The second-order valence-electron chi connectivity index (χ2n) is 4.42. The van der Waals surface area contributed by atoms with Crippen molar-refractivity contribution < 1.29 is 19.1 Å². The van der Waals surface area contributed by atoms with Crippen LogP contribution in [0.4, 0.5) is 0 Å². The molecule has 0 aromatic heterocycles. The molecule has 2 heterocycles. The Morgan fingerprint density at radius 2 is 1.54 bits per heavy atom. The molecule has 0 aromatic carbocycles. The van der Waals surface area contributed by atoms with Gasteiger partial charge in [-0.15, -0.1) is 0 Å². The van der Waals surface area contributed by atoms with Gasteiger partial charge in [0.1, 0.15) is 0 Å². The summed E-state index contributed by atoms with van der Waals surface area (Å²) in [6.07, 6.45) is 1.53. The van der Waals surface area contributed by atoms with Crippen LogP contribution in [-0.2, 0) is 19.1 Å². The van der Waals surface area contributed by atoms with Gasteiger partial charge in [0, 0.05) is 11.8 Å². The third-order valence-electron chi connectivity index (χ3n) is 4.00. The van der Waals surface area contributed by atoms with Gasteiger partial charge in [-0.25, -0.2) is 0 Å². The summed E-state index contributed by atoms with van der Waals surface area (Å²) in [4.78, 5) is 22.6. The van der Waals surface area contributed by atoms with Gasteiger partial charge >= 0.3 is 11.9 Å². The van der Waals surface area contributed by atoms with Gasteiger partial charge in [0.05, 0.1) is 24.0 Å². The Morgan fingerprint density at radius 3 is 2.08 bits per heavy atom. The number of rotatable bonds is 0. The Bertz CT molecular complexity index is 307. The number of hydrogen-bond donors (Lipinski definition) is 0. The highest BCUT2D eigenvalue weighted by Gasteiger charge is 2.73. The molecule has 4 nitrogen and oxygen atoms in total. The van der Waals surface area contributed by atoms with E-state index in [2.05, 4.69) is 4.74 Å². The molecule has 2 saturated heterocycles. The SMILES string of the molecule is O=C1OC(=O)[C@@H]2[C@H]3C[C@H]([C@H]4O[C@H]34)[C@@H]12. The Labute approximate surface area is 74.2 Å². The van der Waals surface area contributed by atoms with Crippen molar-refractivity contribution in [2.75, 3.05) is 0 Å². The van der Waals surface area contributed by atoms with Crippen molar-refractivity contribution in [3.8, 4) is 0 Å². The molecule has 2 bridgehead atoms. The quantitative estimate of drug-likeness (QED) is 0.292. The predicted octanol–water partition coefficient (Wildman–Crippen LogP) is -0.281. The number of ether oxygens (including phenoxy) is 2. The van der Waals surface area contributed by atoms with E-state index in [4.69, 9.17) is 4.74 Å². The average molecular weight is 180 g/mol. The van der Waals surface area contributed by atoms with Crippen molar-refractivity contribution in [1.82, 2.24) is 0 Å². The van der Waals surface area contributed by atoms with Crippen LogP contribution in [0.5, 0.6) is 0 Å². The van der Waals surface area contributed by atoms with Crippen LogP contribution in [0.25, 0.3) is 0 Å². The van der Waals surface area contributed by atoms with Gasteiger partial charge in [0.2, 0.25) is 0 Å². The van der Waals surface area contributed by atoms with Crippen molar-refractivity contribution in [1.29, 1.82) is 0 Å². The van der Waals surface area contributed by atoms with Crippen LogP contribution in [-0.4, -0.2) is 24.1 Å². The third-order valence-corrected chi connectivity index (χ3v) is 4.00. The molecule has 0 N–H and O–H groups in total. The Kier molecular flexibility index (Phi) is 0.836. The summed E-state index contributed by atoms with van der Waals surface area (Å²) < 4.78 is 10.1. The zero-order valence-electron chi connectivity index (χ0n) is 6.80. The highest BCUT2D eigenvalue weighted by Crippen LogP contribution is 2.63. The minimum Gasteiger partial charge on any atom is -0.393 e. The summed E-state index contributed by atoms with van der Waals surface area (Å²) in [6, 6.07) is 0. The second-order valence-corrected chi connectivity index (χ2v) is 4.42. The molecule has 13 heavy (non-hydrogen) atoms. The highest BCUT2D eigenvalue weighted by molar-refractivity contribution is 5.97. The molecule has 2 aliphatic carbocycles. The first-order valence-electron chi connectivity index (χ1n) is 4.68. The lowest BCUT2D eigenvalue weighted by atomic mass is 9.81. The Morgan fingerprint density at radius 1 is 1.00 bits per heavy atom. The van der Waals surface area contributed by atoms with Crippen LogP contribution in [0.3, 0.4) is 0 Å². The standard InChI is InChI=1S/C9H8O4/c10-8-4-2-1-3(7-6(2)12-7)5(4)9(11)13-8/h2-7H,1H2/t2-,3+,4-,5-,6-,7-/m1/s1. The van der Waals surface area contributed by atoms with E-state index < -0.39 is 0 Å². The molecule has 2 saturated carbocycles. The van der Waals surface area contributed by atoms with Crippen LogP contribution in [0.1, 0.15) is 6.42 Å². The largest absolute Gasteiger partial charge is 0.393 e. The van der Waals surface area contributed by atoms with Crippen molar-refractivity contribution >= 4 is 11.9 Å². The molecule has 2 aliphatic heterocycles. The fourth-order valence-electron chi connectivity index (χ4n) is 3.52. The summed E-state index contributed by atoms with van der Waals surface area (Å²) in [7, 11) is 0. The molecule has 6 atom stereocenters. The Hall–Kier alpha value is -0.900. The lowest BCUT2D eigenvalue weighted by molar-refractivity contribution is -0.155. The second kappa shape index (κ2) is 1.66. The molecule has 4 rings (SSSR count). The topological polar surface area (TPSA) is 55.9 Å². The maximum Gasteiger partial charge on any atom is 0.317 e. The fraction of sp³-hybridized carbons (Fsp3) is 0.778. The van der Waals surface area contributed by atoms with E-state index in [1.165, 1.54) is 0 Å². The molecule has 68 valence electrons. The third kappa shape index (κ3) is 0.544. The summed E-state index contributed by atoms with van der Waals surface area (Å²) >= 11 is 0. The van der Waals surface area contributed by atoms with Crippen LogP contribution in [0.15, 0.2) is 0 Å². The molecule has 4 fully saturated rings. The summed E-state index contributed by atoms with van der Waals surface area (Å²) in [5, 5.41) is 0. The lowest BCUT2D eigenvalue weighted by Crippen LogP contribution is -2.29. The van der Waals surface area contributed by atoms with Crippen molar-refractivity contribution in [3.63, 3.8) is 0 Å². The molecule has 0 amide bonds. The van der Waals surface area contributed by atoms with Crippen molar-refractivity contribution in [2.45, 2.75) is 18.6 Å². The van der Waals surface area contributed by atoms with E-state index in [-0.39, 0.29) is 47.8 Å². The number of cyclic esters (lactones) is 2. The van der Waals surface area contributed by atoms with Gasteiger partial charge in [-0.2, -0.15) is 0 Å². The molecular weight excluding hydrogens is 172 g/mol. The molecule has 4 heteroatoms. The van der Waals surface area contributed by atoms with Gasteiger partial charge in [0.15, 0.2) is 0 Å². The number of carbonyl (C=O) groups is 2. The van der Waals surface area contributed by atoms with Gasteiger partial charge in [0.25, 0.3) is 0 Å². The minimum atomic E-state index is -0.309. The maximum atomic E-state index is 11.3. The monoisotopic (exact) mass is 180 g/mol. The summed E-state index contributed by atoms with van der Waals surface area (Å²) in [5.41, 5.74) is 0. The number of fused-ring (bicyclic) bond motifs is 8. The van der Waals surface area contributed by atoms with E-state index in [1.807, 2.05) is 0 Å². The summed E-state index contributed by atoms with van der Waals surface area (Å²) in [6.45, 7) is 0. The number of epoxide rings is 1. The van der Waals surface area contributed by atoms with Crippen LogP contribution < -0.4 is 0 Å². The number of esters is 2. The zero-order chi connectivity index (χ0) is 8.74. The van der Waals surface area contributed by atoms with E-state index in [0.717, 1.165) is 6.42 Å².